The minimum absolute atomic E-state index is 0.0403. The van der Waals surface area contributed by atoms with Crippen molar-refractivity contribution < 1.29 is 13.5 Å². The van der Waals surface area contributed by atoms with Gasteiger partial charge in [0.05, 0.1) is 12.4 Å². The van der Waals surface area contributed by atoms with E-state index < -0.39 is 16.1 Å². The van der Waals surface area contributed by atoms with E-state index in [0.717, 1.165) is 0 Å². The van der Waals surface area contributed by atoms with Crippen molar-refractivity contribution in [3.05, 3.63) is 11.5 Å². The number of sulfonamides is 1. The molecule has 1 atom stereocenters. The van der Waals surface area contributed by atoms with Gasteiger partial charge in [-0.25, -0.2) is 18.1 Å². The zero-order chi connectivity index (χ0) is 12.3. The van der Waals surface area contributed by atoms with Crippen LogP contribution in [-0.2, 0) is 17.1 Å². The summed E-state index contributed by atoms with van der Waals surface area (Å²) in [6.07, 6.45) is 1.07. The molecule has 2 N–H and O–H groups in total. The van der Waals surface area contributed by atoms with Crippen molar-refractivity contribution in [1.29, 1.82) is 0 Å². The molecule has 0 aliphatic carbocycles. The fraction of sp³-hybridized carbons (Fsp3) is 0.625. The summed E-state index contributed by atoms with van der Waals surface area (Å²) in [5.41, 5.74) is 0. The van der Waals surface area contributed by atoms with Gasteiger partial charge in [-0.05, 0) is 6.42 Å². The van der Waals surface area contributed by atoms with Crippen molar-refractivity contribution >= 4 is 21.6 Å². The van der Waals surface area contributed by atoms with Crippen LogP contribution in [0.3, 0.4) is 0 Å². The lowest BCUT2D eigenvalue weighted by molar-refractivity contribution is 0.174. The summed E-state index contributed by atoms with van der Waals surface area (Å²) in [6.45, 7) is 1.71. The van der Waals surface area contributed by atoms with Gasteiger partial charge in [0.25, 0.3) is 10.0 Å². The zero-order valence-electron chi connectivity index (χ0n) is 9.01. The highest BCUT2D eigenvalue weighted by atomic mass is 35.5. The Morgan fingerprint density at radius 3 is 2.75 bits per heavy atom. The number of aromatic nitrogens is 2. The Bertz CT molecular complexity index is 457. The maximum absolute atomic E-state index is 11.7. The van der Waals surface area contributed by atoms with E-state index in [0.29, 0.717) is 6.42 Å². The number of nitrogens with zero attached hydrogens (tertiary/aromatic N) is 2. The average molecular weight is 268 g/mol. The van der Waals surface area contributed by atoms with Crippen LogP contribution in [0.4, 0.5) is 0 Å². The monoisotopic (exact) mass is 267 g/mol. The highest BCUT2D eigenvalue weighted by molar-refractivity contribution is 7.89. The Morgan fingerprint density at radius 1 is 1.69 bits per heavy atom. The average Bonchev–Trinajstić information content (AvgIpc) is 2.57. The van der Waals surface area contributed by atoms with Gasteiger partial charge < -0.3 is 9.67 Å². The molecule has 0 radical (unpaired) electrons. The van der Waals surface area contributed by atoms with E-state index in [4.69, 9.17) is 11.6 Å². The standard InChI is InChI=1S/C8H14ClN3O3S/c1-3-6(13)4-11-16(14,15)8-7(9)12(2)5-10-8/h5-6,11,13H,3-4H2,1-2H3. The van der Waals surface area contributed by atoms with Crippen LogP contribution in [0, 0.1) is 0 Å². The molecule has 1 aromatic rings. The molecule has 0 aliphatic heterocycles. The van der Waals surface area contributed by atoms with Crippen LogP contribution in [0.15, 0.2) is 11.4 Å². The van der Waals surface area contributed by atoms with Crippen LogP contribution in [0.25, 0.3) is 0 Å². The summed E-state index contributed by atoms with van der Waals surface area (Å²) >= 11 is 5.76. The first-order valence-electron chi connectivity index (χ1n) is 4.73. The Labute approximate surface area is 99.3 Å². The second kappa shape index (κ2) is 5.13. The summed E-state index contributed by atoms with van der Waals surface area (Å²) in [5, 5.41) is 9.08. The van der Waals surface area contributed by atoms with Gasteiger partial charge in [-0.15, -0.1) is 0 Å². The lowest BCUT2D eigenvalue weighted by Gasteiger charge is -2.08. The highest BCUT2D eigenvalue weighted by Crippen LogP contribution is 2.17. The van der Waals surface area contributed by atoms with Gasteiger partial charge in [0.2, 0.25) is 5.03 Å². The van der Waals surface area contributed by atoms with Gasteiger partial charge in [-0.1, -0.05) is 18.5 Å². The van der Waals surface area contributed by atoms with Crippen molar-refractivity contribution in [2.45, 2.75) is 24.5 Å². The number of aliphatic hydroxyl groups excluding tert-OH is 1. The molecule has 0 aliphatic rings. The molecule has 1 rings (SSSR count). The Morgan fingerprint density at radius 2 is 2.31 bits per heavy atom. The molecule has 0 saturated carbocycles. The molecule has 0 fully saturated rings. The topological polar surface area (TPSA) is 84.2 Å². The maximum atomic E-state index is 11.7. The fourth-order valence-corrected chi connectivity index (χ4v) is 2.49. The van der Waals surface area contributed by atoms with E-state index in [9.17, 15) is 13.5 Å². The molecule has 0 saturated heterocycles. The molecule has 92 valence electrons. The summed E-state index contributed by atoms with van der Waals surface area (Å²) < 4.78 is 27.0. The molecule has 0 spiro atoms. The van der Waals surface area contributed by atoms with E-state index in [2.05, 4.69) is 9.71 Å². The fourth-order valence-electron chi connectivity index (χ4n) is 0.993. The second-order valence-electron chi connectivity index (χ2n) is 3.37. The smallest absolute Gasteiger partial charge is 0.261 e. The number of nitrogens with one attached hydrogen (secondary N) is 1. The first-order valence-corrected chi connectivity index (χ1v) is 6.59. The highest BCUT2D eigenvalue weighted by Gasteiger charge is 2.22. The van der Waals surface area contributed by atoms with Gasteiger partial charge >= 0.3 is 0 Å². The minimum atomic E-state index is -3.75. The molecule has 0 aromatic carbocycles. The van der Waals surface area contributed by atoms with Crippen LogP contribution in [0.1, 0.15) is 13.3 Å². The third-order valence-corrected chi connectivity index (χ3v) is 3.98. The summed E-state index contributed by atoms with van der Waals surface area (Å²) in [6, 6.07) is 0. The molecule has 1 unspecified atom stereocenters. The van der Waals surface area contributed by atoms with E-state index in [-0.39, 0.29) is 16.7 Å². The van der Waals surface area contributed by atoms with Crippen LogP contribution >= 0.6 is 11.6 Å². The van der Waals surface area contributed by atoms with Crippen LogP contribution < -0.4 is 4.72 Å². The molecule has 1 heterocycles. The first-order chi connectivity index (χ1) is 7.38. The molecule has 6 nitrogen and oxygen atoms in total. The second-order valence-corrected chi connectivity index (χ2v) is 5.41. The van der Waals surface area contributed by atoms with Crippen LogP contribution in [0.2, 0.25) is 5.15 Å². The number of hydrogen-bond donors (Lipinski definition) is 2. The van der Waals surface area contributed by atoms with Crippen molar-refractivity contribution in [2.75, 3.05) is 6.54 Å². The summed E-state index contributed by atoms with van der Waals surface area (Å²) in [5.74, 6) is 0. The molecule has 0 amide bonds. The molecule has 16 heavy (non-hydrogen) atoms. The van der Waals surface area contributed by atoms with Crippen molar-refractivity contribution in [3.8, 4) is 0 Å². The number of hydrogen-bond acceptors (Lipinski definition) is 4. The van der Waals surface area contributed by atoms with E-state index in [1.807, 2.05) is 0 Å². The molecule has 8 heteroatoms. The number of halogens is 1. The molecule has 1 aromatic heterocycles. The van der Waals surface area contributed by atoms with Gasteiger partial charge in [0, 0.05) is 13.6 Å². The number of rotatable bonds is 5. The number of aliphatic hydroxyl groups is 1. The van der Waals surface area contributed by atoms with Crippen molar-refractivity contribution in [2.24, 2.45) is 7.05 Å². The molecular formula is C8H14ClN3O3S. The third kappa shape index (κ3) is 2.94. The quantitative estimate of drug-likeness (QED) is 0.794. The lowest BCUT2D eigenvalue weighted by atomic mass is 10.3. The lowest BCUT2D eigenvalue weighted by Crippen LogP contribution is -2.32. The number of aryl methyl sites for hydroxylation is 1. The van der Waals surface area contributed by atoms with E-state index in [1.165, 1.54) is 10.9 Å². The van der Waals surface area contributed by atoms with Crippen molar-refractivity contribution in [3.63, 3.8) is 0 Å². The van der Waals surface area contributed by atoms with Crippen LogP contribution in [-0.4, -0.2) is 35.7 Å². The summed E-state index contributed by atoms with van der Waals surface area (Å²) in [4.78, 5) is 3.69. The number of imidazole rings is 1. The predicted molar refractivity (Wildman–Crippen MR) is 59.7 cm³/mol. The first kappa shape index (κ1) is 13.4. The zero-order valence-corrected chi connectivity index (χ0v) is 10.6. The SMILES string of the molecule is CCC(O)CNS(=O)(=O)c1ncn(C)c1Cl. The largest absolute Gasteiger partial charge is 0.392 e. The van der Waals surface area contributed by atoms with Gasteiger partial charge in [-0.3, -0.25) is 0 Å². The van der Waals surface area contributed by atoms with Crippen molar-refractivity contribution in [1.82, 2.24) is 14.3 Å². The molecule has 0 bridgehead atoms. The maximum Gasteiger partial charge on any atom is 0.261 e. The molecular weight excluding hydrogens is 254 g/mol. The van der Waals surface area contributed by atoms with Gasteiger partial charge in [0.15, 0.2) is 0 Å². The van der Waals surface area contributed by atoms with Gasteiger partial charge in [-0.2, -0.15) is 0 Å². The van der Waals surface area contributed by atoms with E-state index in [1.54, 1.807) is 14.0 Å². The van der Waals surface area contributed by atoms with E-state index >= 15 is 0 Å². The normalized spacial score (nSPS) is 14.0. The Hall–Kier alpha value is -0.630. The third-order valence-electron chi connectivity index (χ3n) is 2.07. The summed E-state index contributed by atoms with van der Waals surface area (Å²) in [7, 11) is -2.16. The minimum Gasteiger partial charge on any atom is -0.392 e. The predicted octanol–water partition coefficient (Wildman–Crippen LogP) is 0.123. The Balaban J connectivity index is 2.83. The van der Waals surface area contributed by atoms with Crippen LogP contribution in [0.5, 0.6) is 0 Å². The van der Waals surface area contributed by atoms with Gasteiger partial charge in [0.1, 0.15) is 5.15 Å². The Kier molecular flexibility index (Phi) is 4.31.